The van der Waals surface area contributed by atoms with Gasteiger partial charge in [0.25, 0.3) is 0 Å². The van der Waals surface area contributed by atoms with Crippen LogP contribution >= 0.6 is 0 Å². The van der Waals surface area contributed by atoms with Crippen LogP contribution in [0.4, 0.5) is 4.39 Å². The zero-order valence-corrected chi connectivity index (χ0v) is 14.2. The van der Waals surface area contributed by atoms with Crippen LogP contribution in [0, 0.1) is 5.82 Å². The van der Waals surface area contributed by atoms with E-state index < -0.39 is 0 Å². The first-order valence-electron chi connectivity index (χ1n) is 8.44. The third-order valence-electron chi connectivity index (χ3n) is 3.94. The average Bonchev–Trinajstić information content (AvgIpc) is 2.56. The molecule has 0 spiro atoms. The fourth-order valence-corrected chi connectivity index (χ4v) is 2.61. The Morgan fingerprint density at radius 1 is 1.17 bits per heavy atom. The number of hydrogen-bond donors (Lipinski definition) is 1. The van der Waals surface area contributed by atoms with Crippen molar-refractivity contribution in [1.29, 1.82) is 0 Å². The first kappa shape index (κ1) is 18.2. The van der Waals surface area contributed by atoms with Crippen LogP contribution in [0.2, 0.25) is 0 Å². The molecule has 1 N–H and O–H groups in total. The van der Waals surface area contributed by atoms with Crippen LogP contribution < -0.4 is 0 Å². The van der Waals surface area contributed by atoms with Crippen LogP contribution in [0.5, 0.6) is 0 Å². The van der Waals surface area contributed by atoms with E-state index in [2.05, 4.69) is 6.58 Å². The molecule has 126 valence electrons. The van der Waals surface area contributed by atoms with Crippen molar-refractivity contribution in [3.05, 3.63) is 78.1 Å². The molecule has 0 saturated carbocycles. The molecule has 2 rings (SSSR count). The molecular weight excluding hydrogens is 299 g/mol. The van der Waals surface area contributed by atoms with Crippen LogP contribution in [0.25, 0.3) is 17.2 Å². The fourth-order valence-electron chi connectivity index (χ4n) is 2.61. The molecule has 2 heteroatoms. The van der Waals surface area contributed by atoms with Gasteiger partial charge in [-0.05, 0) is 55.4 Å². The van der Waals surface area contributed by atoms with E-state index in [1.807, 2.05) is 54.6 Å². The largest absolute Gasteiger partial charge is 0.393 e. The number of hydrogen-bond acceptors (Lipinski definition) is 1. The highest BCUT2D eigenvalue weighted by molar-refractivity contribution is 5.66. The quantitative estimate of drug-likeness (QED) is 0.481. The monoisotopic (exact) mass is 324 g/mol. The second kappa shape index (κ2) is 9.19. The summed E-state index contributed by atoms with van der Waals surface area (Å²) in [5.74, 6) is -0.211. The van der Waals surface area contributed by atoms with Crippen LogP contribution in [0.3, 0.4) is 0 Å². The molecule has 0 fully saturated rings. The Morgan fingerprint density at radius 3 is 2.54 bits per heavy atom. The summed E-state index contributed by atoms with van der Waals surface area (Å²) in [5, 5.41) is 9.21. The minimum atomic E-state index is -0.256. The lowest BCUT2D eigenvalue weighted by Crippen LogP contribution is -1.97. The van der Waals surface area contributed by atoms with Crippen molar-refractivity contribution in [3.8, 4) is 11.1 Å². The zero-order chi connectivity index (χ0) is 17.4. The standard InChI is InChI=1S/C22H25FO/c1-3-7-18-10-13-20(14-11-18)21-15-12-19(16-22(21)23)9-6-4-5-8-17(2)24/h3,6,9-17,24H,1,4-5,7-8H2,2H3. The van der Waals surface area contributed by atoms with E-state index in [9.17, 15) is 9.50 Å². The minimum Gasteiger partial charge on any atom is -0.393 e. The predicted molar refractivity (Wildman–Crippen MR) is 100 cm³/mol. The smallest absolute Gasteiger partial charge is 0.131 e. The lowest BCUT2D eigenvalue weighted by molar-refractivity contribution is 0.182. The van der Waals surface area contributed by atoms with Crippen molar-refractivity contribution in [2.75, 3.05) is 0 Å². The van der Waals surface area contributed by atoms with E-state index >= 15 is 0 Å². The Hall–Kier alpha value is -2.19. The number of benzene rings is 2. The van der Waals surface area contributed by atoms with Crippen molar-refractivity contribution >= 4 is 6.08 Å². The lowest BCUT2D eigenvalue weighted by Gasteiger charge is -2.06. The molecule has 0 aromatic heterocycles. The highest BCUT2D eigenvalue weighted by Crippen LogP contribution is 2.24. The van der Waals surface area contributed by atoms with Gasteiger partial charge in [0.2, 0.25) is 0 Å². The van der Waals surface area contributed by atoms with Gasteiger partial charge in [0.05, 0.1) is 6.10 Å². The SMILES string of the molecule is C=CCc1ccc(-c2ccc(C=CCCCC(C)O)cc2F)cc1. The maximum atomic E-state index is 14.4. The summed E-state index contributed by atoms with van der Waals surface area (Å²) in [6.45, 7) is 5.52. The van der Waals surface area contributed by atoms with Gasteiger partial charge in [-0.25, -0.2) is 4.39 Å². The van der Waals surface area contributed by atoms with Gasteiger partial charge in [-0.2, -0.15) is 0 Å². The Morgan fingerprint density at radius 2 is 1.92 bits per heavy atom. The summed E-state index contributed by atoms with van der Waals surface area (Å²) in [7, 11) is 0. The summed E-state index contributed by atoms with van der Waals surface area (Å²) in [5.41, 5.74) is 3.53. The topological polar surface area (TPSA) is 20.2 Å². The summed E-state index contributed by atoms with van der Waals surface area (Å²) in [6, 6.07) is 13.2. The Bertz CT molecular complexity index is 684. The van der Waals surface area contributed by atoms with Gasteiger partial charge in [-0.1, -0.05) is 54.6 Å². The van der Waals surface area contributed by atoms with E-state index in [1.165, 1.54) is 5.56 Å². The molecule has 2 aromatic carbocycles. The third-order valence-corrected chi connectivity index (χ3v) is 3.94. The molecule has 0 bridgehead atoms. The molecule has 0 aliphatic heterocycles. The predicted octanol–water partition coefficient (Wildman–Crippen LogP) is 5.79. The highest BCUT2D eigenvalue weighted by Gasteiger charge is 2.05. The number of allylic oxidation sites excluding steroid dienone is 2. The number of aliphatic hydroxyl groups excluding tert-OH is 1. The van der Waals surface area contributed by atoms with Crippen molar-refractivity contribution < 1.29 is 9.50 Å². The first-order valence-corrected chi connectivity index (χ1v) is 8.44. The highest BCUT2D eigenvalue weighted by atomic mass is 19.1. The van der Waals surface area contributed by atoms with E-state index in [0.717, 1.165) is 36.8 Å². The van der Waals surface area contributed by atoms with Gasteiger partial charge in [-0.15, -0.1) is 6.58 Å². The maximum Gasteiger partial charge on any atom is 0.131 e. The van der Waals surface area contributed by atoms with E-state index in [-0.39, 0.29) is 11.9 Å². The van der Waals surface area contributed by atoms with Crippen LogP contribution in [-0.4, -0.2) is 11.2 Å². The van der Waals surface area contributed by atoms with Crippen molar-refractivity contribution in [1.82, 2.24) is 0 Å². The van der Waals surface area contributed by atoms with E-state index in [1.54, 1.807) is 13.0 Å². The van der Waals surface area contributed by atoms with E-state index in [4.69, 9.17) is 0 Å². The number of halogens is 1. The molecule has 1 unspecified atom stereocenters. The average molecular weight is 324 g/mol. The van der Waals surface area contributed by atoms with Crippen LogP contribution in [0.15, 0.2) is 61.2 Å². The Balaban J connectivity index is 2.03. The summed E-state index contributed by atoms with van der Waals surface area (Å²) in [4.78, 5) is 0. The molecule has 1 nitrogen and oxygen atoms in total. The first-order chi connectivity index (χ1) is 11.6. The van der Waals surface area contributed by atoms with Gasteiger partial charge in [0.15, 0.2) is 0 Å². The Kier molecular flexibility index (Phi) is 6.95. The molecule has 0 saturated heterocycles. The fraction of sp³-hybridized carbons (Fsp3) is 0.273. The van der Waals surface area contributed by atoms with Crippen molar-refractivity contribution in [2.24, 2.45) is 0 Å². The molecule has 0 radical (unpaired) electrons. The molecular formula is C22H25FO. The number of rotatable bonds is 8. The van der Waals surface area contributed by atoms with Gasteiger partial charge >= 0.3 is 0 Å². The molecule has 0 amide bonds. The second-order valence-corrected chi connectivity index (χ2v) is 6.11. The van der Waals surface area contributed by atoms with Crippen LogP contribution in [0.1, 0.15) is 37.3 Å². The van der Waals surface area contributed by atoms with Crippen molar-refractivity contribution in [2.45, 2.75) is 38.7 Å². The number of aliphatic hydroxyl groups is 1. The second-order valence-electron chi connectivity index (χ2n) is 6.11. The zero-order valence-electron chi connectivity index (χ0n) is 14.2. The number of unbranched alkanes of at least 4 members (excludes halogenated alkanes) is 1. The van der Waals surface area contributed by atoms with Gasteiger partial charge in [-0.3, -0.25) is 0 Å². The summed E-state index contributed by atoms with van der Waals surface area (Å²) < 4.78 is 14.4. The normalized spacial score (nSPS) is 12.5. The lowest BCUT2D eigenvalue weighted by atomic mass is 10.0. The van der Waals surface area contributed by atoms with Gasteiger partial charge in [0.1, 0.15) is 5.82 Å². The summed E-state index contributed by atoms with van der Waals surface area (Å²) >= 11 is 0. The molecule has 24 heavy (non-hydrogen) atoms. The van der Waals surface area contributed by atoms with Crippen LogP contribution in [-0.2, 0) is 6.42 Å². The van der Waals surface area contributed by atoms with Crippen molar-refractivity contribution in [3.63, 3.8) is 0 Å². The Labute approximate surface area is 144 Å². The third kappa shape index (κ3) is 5.47. The van der Waals surface area contributed by atoms with Gasteiger partial charge in [0, 0.05) is 5.56 Å². The summed E-state index contributed by atoms with van der Waals surface area (Å²) in [6.07, 6.45) is 9.00. The maximum absolute atomic E-state index is 14.4. The molecule has 2 aromatic rings. The minimum absolute atomic E-state index is 0.211. The van der Waals surface area contributed by atoms with Gasteiger partial charge < -0.3 is 5.11 Å². The molecule has 0 aliphatic rings. The molecule has 0 aliphatic carbocycles. The molecule has 1 atom stereocenters. The van der Waals surface area contributed by atoms with E-state index in [0.29, 0.717) is 5.56 Å². The molecule has 0 heterocycles.